The van der Waals surface area contributed by atoms with Gasteiger partial charge in [0.25, 0.3) is 0 Å². The number of amides is 1. The van der Waals surface area contributed by atoms with Crippen molar-refractivity contribution in [1.29, 1.82) is 0 Å². The van der Waals surface area contributed by atoms with Crippen LogP contribution in [0, 0.1) is 6.92 Å². The molecule has 21 heavy (non-hydrogen) atoms. The van der Waals surface area contributed by atoms with Gasteiger partial charge in [0, 0.05) is 11.4 Å². The number of hydrogen-bond acceptors (Lipinski definition) is 1. The number of benzene rings is 2. The van der Waals surface area contributed by atoms with E-state index in [1.54, 1.807) is 0 Å². The highest BCUT2D eigenvalue weighted by atomic mass is 35.5. The van der Waals surface area contributed by atoms with Gasteiger partial charge in [0.2, 0.25) is 5.91 Å². The molecule has 0 saturated heterocycles. The first-order valence-corrected chi connectivity index (χ1v) is 7.53. The van der Waals surface area contributed by atoms with E-state index < -0.39 is 0 Å². The Labute approximate surface area is 131 Å². The van der Waals surface area contributed by atoms with Crippen molar-refractivity contribution in [2.45, 2.75) is 32.7 Å². The van der Waals surface area contributed by atoms with E-state index in [2.05, 4.69) is 5.32 Å². The largest absolute Gasteiger partial charge is 0.350 e. The van der Waals surface area contributed by atoms with E-state index in [-0.39, 0.29) is 11.9 Å². The van der Waals surface area contributed by atoms with Gasteiger partial charge in [-0.3, -0.25) is 4.79 Å². The minimum absolute atomic E-state index is 0.0281. The second-order valence-electron chi connectivity index (χ2n) is 5.28. The molecule has 0 aliphatic carbocycles. The van der Waals surface area contributed by atoms with Crippen LogP contribution in [0.2, 0.25) is 5.02 Å². The number of nitrogens with one attached hydrogen (secondary N) is 1. The smallest absolute Gasteiger partial charge is 0.220 e. The predicted octanol–water partition coefficient (Wildman–Crippen LogP) is 4.46. The maximum atomic E-state index is 12.0. The van der Waals surface area contributed by atoms with Gasteiger partial charge in [-0.2, -0.15) is 0 Å². The highest BCUT2D eigenvalue weighted by Crippen LogP contribution is 2.18. The first-order chi connectivity index (χ1) is 10.1. The SMILES string of the molecule is Cc1ccc(CCC(=O)NC(C)c2ccccc2)cc1Cl. The average molecular weight is 302 g/mol. The Bertz CT molecular complexity index is 610. The van der Waals surface area contributed by atoms with Crippen LogP contribution in [0.15, 0.2) is 48.5 Å². The normalized spacial score (nSPS) is 12.0. The second kappa shape index (κ2) is 7.28. The number of hydrogen-bond donors (Lipinski definition) is 1. The molecule has 2 rings (SSSR count). The maximum Gasteiger partial charge on any atom is 0.220 e. The van der Waals surface area contributed by atoms with Gasteiger partial charge in [-0.25, -0.2) is 0 Å². The summed E-state index contributed by atoms with van der Waals surface area (Å²) in [5.74, 6) is 0.0584. The lowest BCUT2D eigenvalue weighted by Crippen LogP contribution is -2.26. The van der Waals surface area contributed by atoms with E-state index in [4.69, 9.17) is 11.6 Å². The summed E-state index contributed by atoms with van der Waals surface area (Å²) in [6.45, 7) is 3.97. The lowest BCUT2D eigenvalue weighted by Gasteiger charge is -2.14. The molecule has 0 bridgehead atoms. The zero-order valence-corrected chi connectivity index (χ0v) is 13.2. The molecule has 0 aliphatic rings. The van der Waals surface area contributed by atoms with Gasteiger partial charge in [0.15, 0.2) is 0 Å². The molecule has 1 atom stereocenters. The second-order valence-corrected chi connectivity index (χ2v) is 5.69. The topological polar surface area (TPSA) is 29.1 Å². The van der Waals surface area contributed by atoms with Crippen LogP contribution in [0.3, 0.4) is 0 Å². The molecule has 2 aromatic carbocycles. The van der Waals surface area contributed by atoms with Crippen molar-refractivity contribution in [3.63, 3.8) is 0 Å². The highest BCUT2D eigenvalue weighted by Gasteiger charge is 2.09. The number of carbonyl (C=O) groups excluding carboxylic acids is 1. The third kappa shape index (κ3) is 4.61. The summed E-state index contributed by atoms with van der Waals surface area (Å²) in [4.78, 5) is 12.0. The lowest BCUT2D eigenvalue weighted by molar-refractivity contribution is -0.121. The molecular weight excluding hydrogens is 282 g/mol. The highest BCUT2D eigenvalue weighted by molar-refractivity contribution is 6.31. The Hall–Kier alpha value is -1.80. The van der Waals surface area contributed by atoms with Crippen LogP contribution >= 0.6 is 11.6 Å². The van der Waals surface area contributed by atoms with E-state index in [1.807, 2.05) is 62.4 Å². The fourth-order valence-corrected chi connectivity index (χ4v) is 2.39. The molecule has 110 valence electrons. The van der Waals surface area contributed by atoms with E-state index in [0.717, 1.165) is 21.7 Å². The summed E-state index contributed by atoms with van der Waals surface area (Å²) < 4.78 is 0. The van der Waals surface area contributed by atoms with Crippen molar-refractivity contribution in [3.8, 4) is 0 Å². The Morgan fingerprint density at radius 2 is 1.90 bits per heavy atom. The van der Waals surface area contributed by atoms with E-state index >= 15 is 0 Å². The molecule has 2 aromatic rings. The molecule has 0 aromatic heterocycles. The zero-order chi connectivity index (χ0) is 15.2. The van der Waals surface area contributed by atoms with Gasteiger partial charge < -0.3 is 5.32 Å². The zero-order valence-electron chi connectivity index (χ0n) is 12.4. The van der Waals surface area contributed by atoms with Crippen LogP contribution in [-0.2, 0) is 11.2 Å². The average Bonchev–Trinajstić information content (AvgIpc) is 2.49. The fraction of sp³-hybridized carbons (Fsp3) is 0.278. The van der Waals surface area contributed by atoms with Crippen LogP contribution in [0.1, 0.15) is 36.1 Å². The standard InChI is InChI=1S/C18H20ClNO/c1-13-8-9-15(12-17(13)19)10-11-18(21)20-14(2)16-6-4-3-5-7-16/h3-9,12,14H,10-11H2,1-2H3,(H,20,21). The van der Waals surface area contributed by atoms with Gasteiger partial charge in [-0.15, -0.1) is 0 Å². The van der Waals surface area contributed by atoms with Gasteiger partial charge in [-0.1, -0.05) is 54.1 Å². The van der Waals surface area contributed by atoms with Crippen LogP contribution in [-0.4, -0.2) is 5.91 Å². The molecule has 0 aliphatic heterocycles. The summed E-state index contributed by atoms with van der Waals surface area (Å²) in [5, 5.41) is 3.78. The lowest BCUT2D eigenvalue weighted by atomic mass is 10.1. The molecule has 1 N–H and O–H groups in total. The summed E-state index contributed by atoms with van der Waals surface area (Å²) in [5.41, 5.74) is 3.26. The summed E-state index contributed by atoms with van der Waals surface area (Å²) in [6, 6.07) is 15.9. The maximum absolute atomic E-state index is 12.0. The van der Waals surface area contributed by atoms with Crippen LogP contribution in [0.5, 0.6) is 0 Å². The molecular formula is C18H20ClNO. The minimum atomic E-state index is 0.0281. The van der Waals surface area contributed by atoms with Gasteiger partial charge in [-0.05, 0) is 43.0 Å². The van der Waals surface area contributed by atoms with Gasteiger partial charge in [0.1, 0.15) is 0 Å². The monoisotopic (exact) mass is 301 g/mol. The Kier molecular flexibility index (Phi) is 5.40. The van der Waals surface area contributed by atoms with Crippen molar-refractivity contribution in [1.82, 2.24) is 5.32 Å². The molecule has 0 spiro atoms. The quantitative estimate of drug-likeness (QED) is 0.868. The number of carbonyl (C=O) groups is 1. The van der Waals surface area contributed by atoms with Gasteiger partial charge >= 0.3 is 0 Å². The van der Waals surface area contributed by atoms with Gasteiger partial charge in [0.05, 0.1) is 6.04 Å². The number of halogens is 1. The molecule has 0 heterocycles. The van der Waals surface area contributed by atoms with Crippen molar-refractivity contribution in [2.24, 2.45) is 0 Å². The van der Waals surface area contributed by atoms with Crippen molar-refractivity contribution in [3.05, 3.63) is 70.2 Å². The molecule has 1 unspecified atom stereocenters. The fourth-order valence-electron chi connectivity index (χ4n) is 2.19. The van der Waals surface area contributed by atoms with Crippen LogP contribution in [0.4, 0.5) is 0 Å². The molecule has 3 heteroatoms. The third-order valence-corrected chi connectivity index (χ3v) is 3.96. The number of rotatable bonds is 5. The van der Waals surface area contributed by atoms with Crippen molar-refractivity contribution in [2.75, 3.05) is 0 Å². The van der Waals surface area contributed by atoms with Crippen molar-refractivity contribution < 1.29 is 4.79 Å². The molecule has 1 amide bonds. The van der Waals surface area contributed by atoms with E-state index in [0.29, 0.717) is 12.8 Å². The Morgan fingerprint density at radius 3 is 2.57 bits per heavy atom. The van der Waals surface area contributed by atoms with E-state index in [9.17, 15) is 4.79 Å². The first kappa shape index (κ1) is 15.6. The molecule has 0 saturated carbocycles. The number of aryl methyl sites for hydroxylation is 2. The molecule has 2 nitrogen and oxygen atoms in total. The Morgan fingerprint density at radius 1 is 1.19 bits per heavy atom. The predicted molar refractivity (Wildman–Crippen MR) is 87.5 cm³/mol. The third-order valence-electron chi connectivity index (χ3n) is 3.55. The van der Waals surface area contributed by atoms with Crippen molar-refractivity contribution >= 4 is 17.5 Å². The molecule has 0 fully saturated rings. The van der Waals surface area contributed by atoms with E-state index in [1.165, 1.54) is 0 Å². The minimum Gasteiger partial charge on any atom is -0.350 e. The summed E-state index contributed by atoms with van der Waals surface area (Å²) in [6.07, 6.45) is 1.17. The van der Waals surface area contributed by atoms with Crippen LogP contribution < -0.4 is 5.32 Å². The Balaban J connectivity index is 1.86. The first-order valence-electron chi connectivity index (χ1n) is 7.15. The summed E-state index contributed by atoms with van der Waals surface area (Å²) >= 11 is 6.09. The van der Waals surface area contributed by atoms with Crippen LogP contribution in [0.25, 0.3) is 0 Å². The summed E-state index contributed by atoms with van der Waals surface area (Å²) in [7, 11) is 0. The molecule has 0 radical (unpaired) electrons.